The summed E-state index contributed by atoms with van der Waals surface area (Å²) in [7, 11) is -3.43. The highest BCUT2D eigenvalue weighted by atomic mass is 28.4. The van der Waals surface area contributed by atoms with Gasteiger partial charge in [0.15, 0.2) is 23.3 Å². The van der Waals surface area contributed by atoms with Crippen LogP contribution in [-0.4, -0.2) is 26.8 Å². The fourth-order valence-corrected chi connectivity index (χ4v) is 5.86. The molecule has 0 spiro atoms. The molecule has 142 valence electrons. The number of halogens is 5. The molecule has 3 nitrogen and oxygen atoms in total. The van der Waals surface area contributed by atoms with Crippen LogP contribution in [0.4, 0.5) is 22.0 Å². The Morgan fingerprint density at radius 3 is 1.60 bits per heavy atom. The molecule has 0 unspecified atom stereocenters. The van der Waals surface area contributed by atoms with Crippen molar-refractivity contribution in [1.82, 2.24) is 0 Å². The van der Waals surface area contributed by atoms with Crippen molar-refractivity contribution in [2.75, 3.05) is 13.2 Å². The van der Waals surface area contributed by atoms with Gasteiger partial charge in [-0.15, -0.1) is 0 Å². The number of benzene rings is 1. The predicted octanol–water partition coefficient (Wildman–Crippen LogP) is 4.41. The number of hydrogen-bond donors (Lipinski definition) is 1. The van der Waals surface area contributed by atoms with Crippen molar-refractivity contribution in [1.29, 1.82) is 0 Å². The smallest absolute Gasteiger partial charge is 0.390 e. The van der Waals surface area contributed by atoms with Crippen molar-refractivity contribution in [3.05, 3.63) is 34.6 Å². The molecule has 0 amide bonds. The second kappa shape index (κ2) is 8.11. The van der Waals surface area contributed by atoms with Gasteiger partial charge in [-0.1, -0.05) is 0 Å². The standard InChI is InChI=1S/C16H21F5O3Si/c1-3-23-25(22,24-4-2)10-7-5-9(6-8-10)11-12(17)14(19)16(21)15(20)13(11)18/h9-10,22H,3-8H2,1-2H3. The van der Waals surface area contributed by atoms with Crippen molar-refractivity contribution in [3.8, 4) is 0 Å². The first-order chi connectivity index (χ1) is 11.8. The van der Waals surface area contributed by atoms with E-state index in [0.717, 1.165) is 0 Å². The van der Waals surface area contributed by atoms with Gasteiger partial charge in [0.25, 0.3) is 0 Å². The topological polar surface area (TPSA) is 38.7 Å². The van der Waals surface area contributed by atoms with Crippen LogP contribution in [0.25, 0.3) is 0 Å². The minimum absolute atomic E-state index is 0.179. The summed E-state index contributed by atoms with van der Waals surface area (Å²) < 4.78 is 78.7. The van der Waals surface area contributed by atoms with Crippen molar-refractivity contribution in [2.24, 2.45) is 0 Å². The Morgan fingerprint density at radius 1 is 0.800 bits per heavy atom. The molecule has 0 atom stereocenters. The Hall–Kier alpha value is -1.03. The van der Waals surface area contributed by atoms with Gasteiger partial charge in [-0.05, 0) is 45.4 Å². The van der Waals surface area contributed by atoms with Crippen LogP contribution >= 0.6 is 0 Å². The third-order valence-corrected chi connectivity index (χ3v) is 7.61. The first kappa shape index (κ1) is 20.3. The molecule has 25 heavy (non-hydrogen) atoms. The second-order valence-electron chi connectivity index (χ2n) is 6.03. The van der Waals surface area contributed by atoms with Crippen LogP contribution < -0.4 is 0 Å². The van der Waals surface area contributed by atoms with E-state index in [9.17, 15) is 26.7 Å². The zero-order valence-corrected chi connectivity index (χ0v) is 15.1. The summed E-state index contributed by atoms with van der Waals surface area (Å²) in [5.41, 5.74) is -1.09. The van der Waals surface area contributed by atoms with Gasteiger partial charge in [-0.2, -0.15) is 0 Å². The summed E-state index contributed by atoms with van der Waals surface area (Å²) in [4.78, 5) is 10.6. The van der Waals surface area contributed by atoms with Crippen molar-refractivity contribution >= 4 is 8.80 Å². The molecule has 1 aliphatic rings. The Balaban J connectivity index is 2.21. The van der Waals surface area contributed by atoms with E-state index in [1.807, 2.05) is 0 Å². The lowest BCUT2D eigenvalue weighted by Gasteiger charge is -2.36. The molecule has 0 aliphatic heterocycles. The zero-order valence-electron chi connectivity index (χ0n) is 14.1. The van der Waals surface area contributed by atoms with Crippen LogP contribution in [0.3, 0.4) is 0 Å². The summed E-state index contributed by atoms with van der Waals surface area (Å²) >= 11 is 0. The monoisotopic (exact) mass is 384 g/mol. The predicted molar refractivity (Wildman–Crippen MR) is 82.4 cm³/mol. The maximum Gasteiger partial charge on any atom is 0.501 e. The Labute approximate surface area is 144 Å². The quantitative estimate of drug-likeness (QED) is 0.342. The largest absolute Gasteiger partial charge is 0.501 e. The van der Waals surface area contributed by atoms with Gasteiger partial charge >= 0.3 is 8.80 Å². The second-order valence-corrected chi connectivity index (χ2v) is 8.68. The van der Waals surface area contributed by atoms with Crippen LogP contribution in [0.2, 0.25) is 5.54 Å². The van der Waals surface area contributed by atoms with E-state index in [-0.39, 0.29) is 31.6 Å². The highest BCUT2D eigenvalue weighted by molar-refractivity contribution is 6.61. The molecule has 1 aliphatic carbocycles. The fourth-order valence-electron chi connectivity index (χ4n) is 3.42. The zero-order chi connectivity index (χ0) is 18.8. The first-order valence-electron chi connectivity index (χ1n) is 8.28. The molecule has 0 radical (unpaired) electrons. The van der Waals surface area contributed by atoms with E-state index in [1.165, 1.54) is 0 Å². The van der Waals surface area contributed by atoms with E-state index < -0.39 is 49.4 Å². The SMILES string of the molecule is CCO[Si](O)(OCC)C1CCC(c2c(F)c(F)c(F)c(F)c2F)CC1. The molecule has 1 fully saturated rings. The molecule has 1 aromatic rings. The van der Waals surface area contributed by atoms with Crippen molar-refractivity contribution in [2.45, 2.75) is 51.0 Å². The van der Waals surface area contributed by atoms with Crippen LogP contribution in [0.1, 0.15) is 51.0 Å². The molecule has 2 rings (SSSR count). The van der Waals surface area contributed by atoms with E-state index in [0.29, 0.717) is 12.8 Å². The molecule has 0 bridgehead atoms. The van der Waals surface area contributed by atoms with Crippen LogP contribution in [0.5, 0.6) is 0 Å². The molecule has 0 saturated heterocycles. The molecular weight excluding hydrogens is 363 g/mol. The first-order valence-corrected chi connectivity index (χ1v) is 10.1. The van der Waals surface area contributed by atoms with Crippen molar-refractivity contribution in [3.63, 3.8) is 0 Å². The number of hydrogen-bond acceptors (Lipinski definition) is 3. The van der Waals surface area contributed by atoms with E-state index in [4.69, 9.17) is 8.85 Å². The average Bonchev–Trinajstić information content (AvgIpc) is 2.59. The molecule has 0 aromatic heterocycles. The third kappa shape index (κ3) is 3.89. The van der Waals surface area contributed by atoms with Gasteiger partial charge in [0.2, 0.25) is 5.82 Å². The summed E-state index contributed by atoms with van der Waals surface area (Å²) in [5, 5.41) is 0. The third-order valence-electron chi connectivity index (χ3n) is 4.60. The van der Waals surface area contributed by atoms with Gasteiger partial charge in [-0.25, -0.2) is 22.0 Å². The fraction of sp³-hybridized carbons (Fsp3) is 0.625. The Morgan fingerprint density at radius 2 is 1.20 bits per heavy atom. The maximum absolute atomic E-state index is 13.9. The Kier molecular flexibility index (Phi) is 6.58. The van der Waals surface area contributed by atoms with Crippen LogP contribution in [0, 0.1) is 29.1 Å². The van der Waals surface area contributed by atoms with Crippen LogP contribution in [-0.2, 0) is 8.85 Å². The Bertz CT molecular complexity index is 585. The number of rotatable bonds is 6. The normalized spacial score (nSPS) is 21.6. The lowest BCUT2D eigenvalue weighted by molar-refractivity contribution is 0.0896. The van der Waals surface area contributed by atoms with Crippen molar-refractivity contribution < 1.29 is 35.6 Å². The summed E-state index contributed by atoms with van der Waals surface area (Å²) in [6, 6.07) is 0. The van der Waals surface area contributed by atoms with Gasteiger partial charge in [0, 0.05) is 24.3 Å². The van der Waals surface area contributed by atoms with Gasteiger partial charge in [0.1, 0.15) is 0 Å². The summed E-state index contributed by atoms with van der Waals surface area (Å²) in [6.45, 7) is 3.97. The van der Waals surface area contributed by atoms with Crippen LogP contribution in [0.15, 0.2) is 0 Å². The van der Waals surface area contributed by atoms with E-state index >= 15 is 0 Å². The molecular formula is C16H21F5O3Si. The van der Waals surface area contributed by atoms with E-state index in [1.54, 1.807) is 13.8 Å². The molecule has 9 heteroatoms. The summed E-state index contributed by atoms with van der Waals surface area (Å²) in [5.74, 6) is -10.4. The highest BCUT2D eigenvalue weighted by Crippen LogP contribution is 2.45. The maximum atomic E-state index is 13.9. The minimum Gasteiger partial charge on any atom is -0.390 e. The van der Waals surface area contributed by atoms with Gasteiger partial charge < -0.3 is 13.6 Å². The average molecular weight is 384 g/mol. The molecule has 0 heterocycles. The van der Waals surface area contributed by atoms with E-state index in [2.05, 4.69) is 0 Å². The highest BCUT2D eigenvalue weighted by Gasteiger charge is 2.47. The van der Waals surface area contributed by atoms with Gasteiger partial charge in [0.05, 0.1) is 0 Å². The minimum atomic E-state index is -3.43. The van der Waals surface area contributed by atoms with Gasteiger partial charge in [-0.3, -0.25) is 0 Å². The molecule has 1 aromatic carbocycles. The lowest BCUT2D eigenvalue weighted by atomic mass is 9.83. The molecule has 1 saturated carbocycles. The lowest BCUT2D eigenvalue weighted by Crippen LogP contribution is -2.48. The molecule has 1 N–H and O–H groups in total. The summed E-state index contributed by atoms with van der Waals surface area (Å²) in [6.07, 6.45) is 1.01.